The van der Waals surface area contributed by atoms with Crippen molar-refractivity contribution in [3.63, 3.8) is 0 Å². The highest BCUT2D eigenvalue weighted by atomic mass is 16.1. The Morgan fingerprint density at radius 2 is 2.13 bits per heavy atom. The lowest BCUT2D eigenvalue weighted by molar-refractivity contribution is 0.0947. The van der Waals surface area contributed by atoms with Gasteiger partial charge < -0.3 is 11.1 Å². The van der Waals surface area contributed by atoms with E-state index in [1.54, 1.807) is 12.1 Å². The fraction of sp³-hybridized carbons (Fsp3) is 0.417. The van der Waals surface area contributed by atoms with Crippen LogP contribution in [0.2, 0.25) is 0 Å². The van der Waals surface area contributed by atoms with Crippen molar-refractivity contribution < 1.29 is 4.79 Å². The third kappa shape index (κ3) is 2.29. The van der Waals surface area contributed by atoms with Crippen molar-refractivity contribution in [2.75, 3.05) is 12.3 Å². The predicted molar refractivity (Wildman–Crippen MR) is 60.5 cm³/mol. The van der Waals surface area contributed by atoms with Crippen LogP contribution in [0, 0.1) is 5.41 Å². The summed E-state index contributed by atoms with van der Waals surface area (Å²) in [4.78, 5) is 11.7. The van der Waals surface area contributed by atoms with E-state index in [0.29, 0.717) is 16.7 Å². The van der Waals surface area contributed by atoms with Gasteiger partial charge in [0.15, 0.2) is 0 Å². The Bertz CT molecular complexity index is 383. The van der Waals surface area contributed by atoms with Crippen molar-refractivity contribution in [2.24, 2.45) is 5.41 Å². The van der Waals surface area contributed by atoms with Gasteiger partial charge in [-0.05, 0) is 30.4 Å². The number of para-hydroxylation sites is 1. The van der Waals surface area contributed by atoms with Gasteiger partial charge in [0.1, 0.15) is 0 Å². The van der Waals surface area contributed by atoms with E-state index in [4.69, 9.17) is 5.73 Å². The number of carbonyl (C=O) groups is 1. The molecule has 1 aromatic rings. The molecule has 0 spiro atoms. The van der Waals surface area contributed by atoms with Crippen molar-refractivity contribution in [1.29, 1.82) is 0 Å². The van der Waals surface area contributed by atoms with Crippen LogP contribution in [0.3, 0.4) is 0 Å². The highest BCUT2D eigenvalue weighted by Gasteiger charge is 2.37. The molecule has 0 unspecified atom stereocenters. The van der Waals surface area contributed by atoms with E-state index in [2.05, 4.69) is 12.2 Å². The SMILES string of the molecule is CC1(CNC(=O)c2ccccc2N)CC1. The lowest BCUT2D eigenvalue weighted by Gasteiger charge is -2.11. The molecule has 3 heteroatoms. The van der Waals surface area contributed by atoms with Gasteiger partial charge in [-0.1, -0.05) is 19.1 Å². The highest BCUT2D eigenvalue weighted by molar-refractivity contribution is 5.99. The molecule has 15 heavy (non-hydrogen) atoms. The van der Waals surface area contributed by atoms with Gasteiger partial charge in [-0.3, -0.25) is 4.79 Å². The number of nitrogens with two attached hydrogens (primary N) is 1. The van der Waals surface area contributed by atoms with Gasteiger partial charge in [0.2, 0.25) is 0 Å². The lowest BCUT2D eigenvalue weighted by atomic mass is 10.1. The van der Waals surface area contributed by atoms with Crippen LogP contribution in [-0.2, 0) is 0 Å². The maximum absolute atomic E-state index is 11.7. The van der Waals surface area contributed by atoms with Crippen LogP contribution in [0.4, 0.5) is 5.69 Å². The summed E-state index contributed by atoms with van der Waals surface area (Å²) >= 11 is 0. The van der Waals surface area contributed by atoms with Gasteiger partial charge in [-0.2, -0.15) is 0 Å². The highest BCUT2D eigenvalue weighted by Crippen LogP contribution is 2.44. The largest absolute Gasteiger partial charge is 0.398 e. The van der Waals surface area contributed by atoms with Gasteiger partial charge in [0, 0.05) is 12.2 Å². The topological polar surface area (TPSA) is 55.1 Å². The third-order valence-corrected chi connectivity index (χ3v) is 2.98. The van der Waals surface area contributed by atoms with Crippen molar-refractivity contribution in [3.05, 3.63) is 29.8 Å². The standard InChI is InChI=1S/C12H16N2O/c1-12(6-7-12)8-14-11(15)9-4-2-3-5-10(9)13/h2-5H,6-8,13H2,1H3,(H,14,15). The number of hydrogen-bond acceptors (Lipinski definition) is 2. The molecule has 0 atom stereocenters. The van der Waals surface area contributed by atoms with Crippen LogP contribution in [0.5, 0.6) is 0 Å². The number of nitrogens with one attached hydrogen (secondary N) is 1. The molecule has 0 heterocycles. The number of amides is 1. The van der Waals surface area contributed by atoms with Crippen molar-refractivity contribution in [2.45, 2.75) is 19.8 Å². The van der Waals surface area contributed by atoms with Crippen molar-refractivity contribution >= 4 is 11.6 Å². The summed E-state index contributed by atoms with van der Waals surface area (Å²) < 4.78 is 0. The van der Waals surface area contributed by atoms with E-state index in [1.165, 1.54) is 12.8 Å². The Morgan fingerprint density at radius 1 is 1.47 bits per heavy atom. The molecule has 80 valence electrons. The molecular formula is C12H16N2O. The average Bonchev–Trinajstić information content (AvgIpc) is 2.95. The normalized spacial score (nSPS) is 17.1. The molecule has 1 aromatic carbocycles. The first-order chi connectivity index (χ1) is 7.11. The summed E-state index contributed by atoms with van der Waals surface area (Å²) in [5.74, 6) is -0.0683. The van der Waals surface area contributed by atoms with E-state index < -0.39 is 0 Å². The van der Waals surface area contributed by atoms with Crippen LogP contribution in [0.25, 0.3) is 0 Å². The first-order valence-electron chi connectivity index (χ1n) is 5.23. The van der Waals surface area contributed by atoms with Crippen molar-refractivity contribution in [1.82, 2.24) is 5.32 Å². The molecule has 1 fully saturated rings. The summed E-state index contributed by atoms with van der Waals surface area (Å²) in [6.45, 7) is 2.93. The summed E-state index contributed by atoms with van der Waals surface area (Å²) in [6.07, 6.45) is 2.41. The zero-order valence-electron chi connectivity index (χ0n) is 8.92. The second-order valence-corrected chi connectivity index (χ2v) is 4.58. The zero-order valence-corrected chi connectivity index (χ0v) is 8.92. The van der Waals surface area contributed by atoms with E-state index in [1.807, 2.05) is 12.1 Å². The Balaban J connectivity index is 1.99. The van der Waals surface area contributed by atoms with Crippen LogP contribution < -0.4 is 11.1 Å². The number of carbonyl (C=O) groups excluding carboxylic acids is 1. The summed E-state index contributed by atoms with van der Waals surface area (Å²) in [5.41, 5.74) is 7.16. The Hall–Kier alpha value is -1.51. The second-order valence-electron chi connectivity index (χ2n) is 4.58. The quantitative estimate of drug-likeness (QED) is 0.738. The molecule has 1 aliphatic carbocycles. The molecule has 2 rings (SSSR count). The van der Waals surface area contributed by atoms with Crippen LogP contribution in [0.15, 0.2) is 24.3 Å². The molecule has 1 saturated carbocycles. The average molecular weight is 204 g/mol. The van der Waals surface area contributed by atoms with E-state index in [0.717, 1.165) is 6.54 Å². The minimum absolute atomic E-state index is 0.0683. The zero-order chi connectivity index (χ0) is 10.9. The van der Waals surface area contributed by atoms with Crippen molar-refractivity contribution in [3.8, 4) is 0 Å². The van der Waals surface area contributed by atoms with E-state index in [9.17, 15) is 4.79 Å². The monoisotopic (exact) mass is 204 g/mol. The van der Waals surface area contributed by atoms with Crippen LogP contribution in [-0.4, -0.2) is 12.5 Å². The molecule has 0 saturated heterocycles. The molecular weight excluding hydrogens is 188 g/mol. The molecule has 1 aliphatic rings. The van der Waals surface area contributed by atoms with Gasteiger partial charge in [-0.25, -0.2) is 0 Å². The fourth-order valence-corrected chi connectivity index (χ4v) is 1.48. The number of rotatable bonds is 3. The van der Waals surface area contributed by atoms with E-state index in [-0.39, 0.29) is 5.91 Å². The molecule has 0 bridgehead atoms. The second kappa shape index (κ2) is 3.57. The van der Waals surface area contributed by atoms with Crippen LogP contribution in [0.1, 0.15) is 30.1 Å². The van der Waals surface area contributed by atoms with Gasteiger partial charge in [-0.15, -0.1) is 0 Å². The van der Waals surface area contributed by atoms with E-state index >= 15 is 0 Å². The predicted octanol–water partition coefficient (Wildman–Crippen LogP) is 1.80. The molecule has 3 N–H and O–H groups in total. The minimum atomic E-state index is -0.0683. The molecule has 0 radical (unpaired) electrons. The lowest BCUT2D eigenvalue weighted by Crippen LogP contribution is -2.29. The maximum Gasteiger partial charge on any atom is 0.253 e. The molecule has 3 nitrogen and oxygen atoms in total. The van der Waals surface area contributed by atoms with Gasteiger partial charge in [0.25, 0.3) is 5.91 Å². The maximum atomic E-state index is 11.7. The minimum Gasteiger partial charge on any atom is -0.398 e. The molecule has 1 amide bonds. The first-order valence-corrected chi connectivity index (χ1v) is 5.23. The first kappa shape index (κ1) is 10.0. The smallest absolute Gasteiger partial charge is 0.253 e. The summed E-state index contributed by atoms with van der Waals surface area (Å²) in [7, 11) is 0. The fourth-order valence-electron chi connectivity index (χ4n) is 1.48. The summed E-state index contributed by atoms with van der Waals surface area (Å²) in [6, 6.07) is 7.14. The summed E-state index contributed by atoms with van der Waals surface area (Å²) in [5, 5.41) is 2.92. The van der Waals surface area contributed by atoms with Gasteiger partial charge in [0.05, 0.1) is 5.56 Å². The Kier molecular flexibility index (Phi) is 2.39. The number of hydrogen-bond donors (Lipinski definition) is 2. The van der Waals surface area contributed by atoms with Gasteiger partial charge >= 0.3 is 0 Å². The number of benzene rings is 1. The Labute approximate surface area is 89.7 Å². The van der Waals surface area contributed by atoms with Crippen LogP contribution >= 0.6 is 0 Å². The Morgan fingerprint density at radius 3 is 2.73 bits per heavy atom. The third-order valence-electron chi connectivity index (χ3n) is 2.98. The number of nitrogen functional groups attached to an aromatic ring is 1. The molecule has 0 aromatic heterocycles. The number of anilines is 1. The molecule has 0 aliphatic heterocycles.